The quantitative estimate of drug-likeness (QED) is 0.380. The summed E-state index contributed by atoms with van der Waals surface area (Å²) in [5.41, 5.74) is 6.70. The van der Waals surface area contributed by atoms with Gasteiger partial charge >= 0.3 is 0 Å². The minimum absolute atomic E-state index is 0.289. The highest BCUT2D eigenvalue weighted by molar-refractivity contribution is 7.16. The molecule has 1 atom stereocenters. The van der Waals surface area contributed by atoms with Crippen LogP contribution in [0.4, 0.5) is 5.00 Å². The molecule has 0 fully saturated rings. The van der Waals surface area contributed by atoms with E-state index in [0.29, 0.717) is 5.92 Å². The summed E-state index contributed by atoms with van der Waals surface area (Å²) < 4.78 is 2.20. The van der Waals surface area contributed by atoms with Gasteiger partial charge in [0.15, 0.2) is 0 Å². The van der Waals surface area contributed by atoms with Gasteiger partial charge in [0.2, 0.25) is 0 Å². The van der Waals surface area contributed by atoms with Crippen molar-refractivity contribution in [2.45, 2.75) is 53.9 Å². The lowest BCUT2D eigenvalue weighted by Gasteiger charge is -2.33. The molecule has 4 rings (SSSR count). The number of halogens is 1. The predicted molar refractivity (Wildman–Crippen MR) is 132 cm³/mol. The zero-order chi connectivity index (χ0) is 22.3. The van der Waals surface area contributed by atoms with Gasteiger partial charge < -0.3 is 4.57 Å². The van der Waals surface area contributed by atoms with Crippen molar-refractivity contribution in [1.82, 2.24) is 4.57 Å². The van der Waals surface area contributed by atoms with Gasteiger partial charge in [-0.1, -0.05) is 32.4 Å². The summed E-state index contributed by atoms with van der Waals surface area (Å²) in [6, 6.07) is 12.4. The van der Waals surface area contributed by atoms with Gasteiger partial charge in [0.1, 0.15) is 11.1 Å². The molecular formula is C26H28ClN3S. The van der Waals surface area contributed by atoms with Crippen LogP contribution >= 0.6 is 22.9 Å². The topological polar surface area (TPSA) is 41.1 Å². The molecule has 0 aliphatic heterocycles. The van der Waals surface area contributed by atoms with E-state index in [2.05, 4.69) is 51.3 Å². The van der Waals surface area contributed by atoms with Crippen molar-refractivity contribution in [3.05, 3.63) is 68.3 Å². The van der Waals surface area contributed by atoms with Crippen LogP contribution in [-0.4, -0.2) is 10.8 Å². The Balaban J connectivity index is 1.66. The van der Waals surface area contributed by atoms with Crippen LogP contribution in [0.2, 0.25) is 5.02 Å². The summed E-state index contributed by atoms with van der Waals surface area (Å²) in [5, 5.41) is 11.4. The monoisotopic (exact) mass is 449 g/mol. The van der Waals surface area contributed by atoms with Crippen LogP contribution in [0, 0.1) is 36.5 Å². The molecule has 31 heavy (non-hydrogen) atoms. The van der Waals surface area contributed by atoms with Crippen molar-refractivity contribution in [3.63, 3.8) is 0 Å². The molecule has 0 bridgehead atoms. The third-order valence-electron chi connectivity index (χ3n) is 6.46. The summed E-state index contributed by atoms with van der Waals surface area (Å²) in [6.45, 7) is 11.1. The Morgan fingerprint density at radius 3 is 2.58 bits per heavy atom. The molecule has 1 aliphatic rings. The van der Waals surface area contributed by atoms with E-state index in [-0.39, 0.29) is 5.41 Å². The molecule has 0 saturated heterocycles. The Labute approximate surface area is 194 Å². The second-order valence-electron chi connectivity index (χ2n) is 9.50. The highest BCUT2D eigenvalue weighted by Gasteiger charge is 2.32. The van der Waals surface area contributed by atoms with E-state index < -0.39 is 0 Å². The standard InChI is InChI=1S/C26H28ClN3S/c1-16-12-18(17(2)30(16)21-9-7-20(27)8-10-21)15-29-25-23(14-28)22-11-6-19(26(3,4)5)13-24(22)31-25/h7-10,12,15,19H,6,11,13H2,1-5H3/t19-/m1/s1. The lowest BCUT2D eigenvalue weighted by atomic mass is 9.72. The molecule has 1 aromatic carbocycles. The number of nitrogens with zero attached hydrogens (tertiary/aromatic N) is 3. The fourth-order valence-corrected chi connectivity index (χ4v) is 5.90. The number of aliphatic imine (C=N–C) groups is 1. The Morgan fingerprint density at radius 1 is 1.23 bits per heavy atom. The average Bonchev–Trinajstić information content (AvgIpc) is 3.22. The molecular weight excluding hydrogens is 422 g/mol. The number of rotatable bonds is 3. The van der Waals surface area contributed by atoms with E-state index in [1.807, 2.05) is 30.5 Å². The molecule has 5 heteroatoms. The SMILES string of the molecule is Cc1cc(C=Nc2sc3c(c2C#N)CC[C@@H](C(C)(C)C)C3)c(C)n1-c1ccc(Cl)cc1. The molecule has 1 aliphatic carbocycles. The number of benzene rings is 1. The summed E-state index contributed by atoms with van der Waals surface area (Å²) >= 11 is 7.75. The van der Waals surface area contributed by atoms with E-state index in [1.165, 1.54) is 10.4 Å². The molecule has 3 nitrogen and oxygen atoms in total. The first-order chi connectivity index (χ1) is 14.7. The molecule has 0 N–H and O–H groups in total. The minimum atomic E-state index is 0.289. The molecule has 0 spiro atoms. The van der Waals surface area contributed by atoms with Gasteiger partial charge in [-0.25, -0.2) is 4.99 Å². The van der Waals surface area contributed by atoms with Crippen LogP contribution < -0.4 is 0 Å². The zero-order valence-electron chi connectivity index (χ0n) is 18.8. The van der Waals surface area contributed by atoms with E-state index in [9.17, 15) is 5.26 Å². The number of hydrogen-bond acceptors (Lipinski definition) is 3. The Hall–Kier alpha value is -2.35. The van der Waals surface area contributed by atoms with Crippen LogP contribution in [0.5, 0.6) is 0 Å². The number of nitriles is 1. The summed E-state index contributed by atoms with van der Waals surface area (Å²) in [7, 11) is 0. The fraction of sp³-hybridized carbons (Fsp3) is 0.385. The van der Waals surface area contributed by atoms with Crippen LogP contribution in [0.1, 0.15) is 60.1 Å². The maximum Gasteiger partial charge on any atom is 0.134 e. The van der Waals surface area contributed by atoms with Crippen molar-refractivity contribution in [3.8, 4) is 11.8 Å². The largest absolute Gasteiger partial charge is 0.318 e. The second-order valence-corrected chi connectivity index (χ2v) is 11.0. The lowest BCUT2D eigenvalue weighted by molar-refractivity contribution is 0.218. The van der Waals surface area contributed by atoms with Crippen molar-refractivity contribution < 1.29 is 0 Å². The molecule has 0 amide bonds. The van der Waals surface area contributed by atoms with E-state index >= 15 is 0 Å². The van der Waals surface area contributed by atoms with Gasteiger partial charge in [0, 0.05) is 38.8 Å². The molecule has 2 aromatic heterocycles. The van der Waals surface area contributed by atoms with Gasteiger partial charge in [0.25, 0.3) is 0 Å². The maximum absolute atomic E-state index is 9.83. The molecule has 0 unspecified atom stereocenters. The van der Waals surface area contributed by atoms with Gasteiger partial charge in [0.05, 0.1) is 5.56 Å². The molecule has 3 aromatic rings. The number of hydrogen-bond donors (Lipinski definition) is 0. The van der Waals surface area contributed by atoms with E-state index in [0.717, 1.165) is 57.5 Å². The lowest BCUT2D eigenvalue weighted by Crippen LogP contribution is -2.26. The van der Waals surface area contributed by atoms with Crippen molar-refractivity contribution in [2.24, 2.45) is 16.3 Å². The van der Waals surface area contributed by atoms with E-state index in [1.54, 1.807) is 11.3 Å². The second kappa shape index (κ2) is 8.30. The average molecular weight is 450 g/mol. The van der Waals surface area contributed by atoms with Crippen molar-refractivity contribution >= 4 is 34.2 Å². The minimum Gasteiger partial charge on any atom is -0.318 e. The molecule has 0 radical (unpaired) electrons. The fourth-order valence-electron chi connectivity index (χ4n) is 4.55. The van der Waals surface area contributed by atoms with Crippen LogP contribution in [0.25, 0.3) is 5.69 Å². The Kier molecular flexibility index (Phi) is 5.85. The zero-order valence-corrected chi connectivity index (χ0v) is 20.4. The highest BCUT2D eigenvalue weighted by Crippen LogP contribution is 2.44. The predicted octanol–water partition coefficient (Wildman–Crippen LogP) is 7.58. The number of aryl methyl sites for hydroxylation is 1. The van der Waals surface area contributed by atoms with E-state index in [4.69, 9.17) is 16.6 Å². The summed E-state index contributed by atoms with van der Waals surface area (Å²) in [6.07, 6.45) is 5.09. The Morgan fingerprint density at radius 2 is 1.94 bits per heavy atom. The summed E-state index contributed by atoms with van der Waals surface area (Å²) in [5.74, 6) is 0.653. The maximum atomic E-state index is 9.83. The molecule has 0 saturated carbocycles. The van der Waals surface area contributed by atoms with Crippen LogP contribution in [0.3, 0.4) is 0 Å². The first kappa shape index (κ1) is 21.9. The van der Waals surface area contributed by atoms with Crippen LogP contribution in [-0.2, 0) is 12.8 Å². The summed E-state index contributed by atoms with van der Waals surface area (Å²) in [4.78, 5) is 6.15. The molecule has 160 valence electrons. The van der Waals surface area contributed by atoms with Gasteiger partial charge in [-0.2, -0.15) is 5.26 Å². The smallest absolute Gasteiger partial charge is 0.134 e. The Bertz CT molecular complexity index is 1180. The van der Waals surface area contributed by atoms with Gasteiger partial charge in [-0.05, 0) is 80.3 Å². The third-order valence-corrected chi connectivity index (χ3v) is 7.87. The van der Waals surface area contributed by atoms with Gasteiger partial charge in [-0.3, -0.25) is 0 Å². The number of thiophene rings is 1. The first-order valence-corrected chi connectivity index (χ1v) is 11.9. The van der Waals surface area contributed by atoms with Gasteiger partial charge in [-0.15, -0.1) is 11.3 Å². The number of fused-ring (bicyclic) bond motifs is 1. The first-order valence-electron chi connectivity index (χ1n) is 10.7. The third kappa shape index (κ3) is 4.22. The molecule has 2 heterocycles. The normalized spacial score (nSPS) is 16.5. The number of aromatic nitrogens is 1. The van der Waals surface area contributed by atoms with Crippen molar-refractivity contribution in [1.29, 1.82) is 5.26 Å². The van der Waals surface area contributed by atoms with Crippen molar-refractivity contribution in [2.75, 3.05) is 0 Å². The highest BCUT2D eigenvalue weighted by atomic mass is 35.5. The van der Waals surface area contributed by atoms with Crippen LogP contribution in [0.15, 0.2) is 35.3 Å².